The third kappa shape index (κ3) is 2.53. The molecule has 0 unspecified atom stereocenters. The highest BCUT2D eigenvalue weighted by molar-refractivity contribution is 5.81. The molecular formula is C16H21N3O3. The van der Waals surface area contributed by atoms with Crippen molar-refractivity contribution in [2.75, 3.05) is 13.1 Å². The number of carboxylic acids is 1. The maximum absolute atomic E-state index is 12.5. The van der Waals surface area contributed by atoms with E-state index in [-0.39, 0.29) is 11.8 Å². The van der Waals surface area contributed by atoms with E-state index in [9.17, 15) is 14.7 Å². The maximum atomic E-state index is 12.5. The van der Waals surface area contributed by atoms with Crippen LogP contribution in [0, 0.1) is 5.92 Å². The molecule has 1 saturated heterocycles. The molecule has 0 aromatic carbocycles. The summed E-state index contributed by atoms with van der Waals surface area (Å²) in [6, 6.07) is 1.73. The van der Waals surface area contributed by atoms with Gasteiger partial charge in [-0.25, -0.2) is 4.79 Å². The number of piperidine rings is 1. The Kier molecular flexibility index (Phi) is 4.00. The molecule has 2 aliphatic rings. The van der Waals surface area contributed by atoms with Crippen molar-refractivity contribution in [1.29, 1.82) is 0 Å². The predicted molar refractivity (Wildman–Crippen MR) is 80.1 cm³/mol. The van der Waals surface area contributed by atoms with Gasteiger partial charge in [0.1, 0.15) is 0 Å². The quantitative estimate of drug-likeness (QED) is 0.861. The van der Waals surface area contributed by atoms with E-state index in [2.05, 4.69) is 17.3 Å². The molecule has 1 aromatic heterocycles. The number of nitrogens with zero attached hydrogens (tertiary/aromatic N) is 3. The van der Waals surface area contributed by atoms with Crippen LogP contribution in [0.1, 0.15) is 32.1 Å². The number of carboxylic acid groups (broad SMARTS) is 1. The molecule has 1 aliphatic carbocycles. The van der Waals surface area contributed by atoms with Crippen molar-refractivity contribution < 1.29 is 14.7 Å². The van der Waals surface area contributed by atoms with Crippen LogP contribution in [-0.4, -0.2) is 44.8 Å². The second kappa shape index (κ2) is 5.94. The van der Waals surface area contributed by atoms with Crippen molar-refractivity contribution in [3.63, 3.8) is 0 Å². The molecule has 3 rings (SSSR count). The number of carbonyl (C=O) groups excluding carboxylic acids is 1. The number of hydrogen-bond donors (Lipinski definition) is 1. The van der Waals surface area contributed by atoms with Gasteiger partial charge >= 0.3 is 5.97 Å². The van der Waals surface area contributed by atoms with E-state index in [0.29, 0.717) is 25.9 Å². The van der Waals surface area contributed by atoms with Crippen molar-refractivity contribution in [3.8, 4) is 0 Å². The molecule has 22 heavy (non-hydrogen) atoms. The Bertz CT molecular complexity index is 571. The number of aliphatic carboxylic acids is 1. The van der Waals surface area contributed by atoms with Crippen LogP contribution in [0.15, 0.2) is 30.6 Å². The Hall–Kier alpha value is -2.11. The van der Waals surface area contributed by atoms with Gasteiger partial charge < -0.3 is 10.0 Å². The number of hydrogen-bond acceptors (Lipinski definition) is 3. The van der Waals surface area contributed by atoms with Gasteiger partial charge in [0, 0.05) is 44.2 Å². The Morgan fingerprint density at radius 3 is 2.55 bits per heavy atom. The van der Waals surface area contributed by atoms with E-state index >= 15 is 0 Å². The Morgan fingerprint density at radius 2 is 2.00 bits per heavy atom. The van der Waals surface area contributed by atoms with Gasteiger partial charge in [-0.1, -0.05) is 12.2 Å². The van der Waals surface area contributed by atoms with E-state index in [4.69, 9.17) is 0 Å². The SMILES string of the molecule is O=C([C@H]1CC=CCC1)N1CCC(C(=O)O)(n2cccn2)CC1. The highest BCUT2D eigenvalue weighted by Crippen LogP contribution is 2.31. The third-order valence-electron chi connectivity index (χ3n) is 4.86. The molecule has 1 fully saturated rings. The summed E-state index contributed by atoms with van der Waals surface area (Å²) in [7, 11) is 0. The smallest absolute Gasteiger partial charge is 0.331 e. The monoisotopic (exact) mass is 303 g/mol. The van der Waals surface area contributed by atoms with Crippen molar-refractivity contribution in [1.82, 2.24) is 14.7 Å². The number of amides is 1. The lowest BCUT2D eigenvalue weighted by atomic mass is 9.86. The molecule has 6 heteroatoms. The molecule has 1 aliphatic heterocycles. The predicted octanol–water partition coefficient (Wildman–Crippen LogP) is 1.64. The molecule has 6 nitrogen and oxygen atoms in total. The fourth-order valence-corrected chi connectivity index (χ4v) is 3.44. The summed E-state index contributed by atoms with van der Waals surface area (Å²) in [5, 5.41) is 13.8. The number of allylic oxidation sites excluding steroid dienone is 2. The van der Waals surface area contributed by atoms with E-state index < -0.39 is 11.5 Å². The normalized spacial score (nSPS) is 24.2. The van der Waals surface area contributed by atoms with Crippen LogP contribution in [-0.2, 0) is 15.1 Å². The summed E-state index contributed by atoms with van der Waals surface area (Å²) in [5.74, 6) is -0.639. The lowest BCUT2D eigenvalue weighted by Crippen LogP contribution is -2.53. The Morgan fingerprint density at radius 1 is 1.23 bits per heavy atom. The van der Waals surface area contributed by atoms with Crippen LogP contribution in [0.25, 0.3) is 0 Å². The Labute approximate surface area is 129 Å². The minimum Gasteiger partial charge on any atom is -0.479 e. The molecule has 1 amide bonds. The maximum Gasteiger partial charge on any atom is 0.331 e. The number of likely N-dealkylation sites (tertiary alicyclic amines) is 1. The molecule has 0 saturated carbocycles. The lowest BCUT2D eigenvalue weighted by Gasteiger charge is -2.40. The summed E-state index contributed by atoms with van der Waals surface area (Å²) >= 11 is 0. The first-order valence-electron chi connectivity index (χ1n) is 7.81. The van der Waals surface area contributed by atoms with Crippen LogP contribution in [0.4, 0.5) is 0 Å². The molecule has 118 valence electrons. The second-order valence-corrected chi connectivity index (χ2v) is 6.09. The van der Waals surface area contributed by atoms with E-state index in [0.717, 1.165) is 19.3 Å². The fourth-order valence-electron chi connectivity index (χ4n) is 3.44. The number of rotatable bonds is 3. The van der Waals surface area contributed by atoms with Crippen molar-refractivity contribution in [3.05, 3.63) is 30.6 Å². The summed E-state index contributed by atoms with van der Waals surface area (Å²) in [5.41, 5.74) is -1.02. The minimum atomic E-state index is -1.02. The van der Waals surface area contributed by atoms with Gasteiger partial charge in [0.15, 0.2) is 5.54 Å². The fraction of sp³-hybridized carbons (Fsp3) is 0.562. The van der Waals surface area contributed by atoms with Crippen molar-refractivity contribution in [2.45, 2.75) is 37.6 Å². The summed E-state index contributed by atoms with van der Waals surface area (Å²) in [6.45, 7) is 0.955. The first-order chi connectivity index (χ1) is 10.6. The van der Waals surface area contributed by atoms with Gasteiger partial charge in [-0.2, -0.15) is 5.10 Å². The van der Waals surface area contributed by atoms with Gasteiger partial charge in [-0.3, -0.25) is 9.48 Å². The molecule has 1 aromatic rings. The molecule has 0 spiro atoms. The van der Waals surface area contributed by atoms with E-state index in [1.165, 1.54) is 4.68 Å². The van der Waals surface area contributed by atoms with Gasteiger partial charge in [0.05, 0.1) is 0 Å². The molecule has 0 bridgehead atoms. The summed E-state index contributed by atoms with van der Waals surface area (Å²) in [4.78, 5) is 26.2. The average Bonchev–Trinajstić information content (AvgIpc) is 3.10. The zero-order valence-electron chi connectivity index (χ0n) is 12.5. The zero-order chi connectivity index (χ0) is 15.6. The largest absolute Gasteiger partial charge is 0.479 e. The molecular weight excluding hydrogens is 282 g/mol. The molecule has 2 heterocycles. The van der Waals surface area contributed by atoms with Crippen LogP contribution in [0.5, 0.6) is 0 Å². The van der Waals surface area contributed by atoms with Crippen molar-refractivity contribution >= 4 is 11.9 Å². The van der Waals surface area contributed by atoms with Crippen molar-refractivity contribution in [2.24, 2.45) is 5.92 Å². The topological polar surface area (TPSA) is 75.4 Å². The standard InChI is InChI=1S/C16H21N3O3/c20-14(13-5-2-1-3-6-13)18-11-7-16(8-12-18,15(21)22)19-10-4-9-17-19/h1-2,4,9-10,13H,3,5-8,11-12H2,(H,21,22)/t13-/m0/s1. The van der Waals surface area contributed by atoms with Crippen LogP contribution in [0.2, 0.25) is 0 Å². The first kappa shape index (κ1) is 14.8. The Balaban J connectivity index is 1.69. The second-order valence-electron chi connectivity index (χ2n) is 6.09. The van der Waals surface area contributed by atoms with E-state index in [1.807, 2.05) is 4.90 Å². The summed E-state index contributed by atoms with van der Waals surface area (Å²) in [6.07, 6.45) is 10.9. The molecule has 0 radical (unpaired) electrons. The average molecular weight is 303 g/mol. The van der Waals surface area contributed by atoms with Gasteiger partial charge in [-0.15, -0.1) is 0 Å². The first-order valence-corrected chi connectivity index (χ1v) is 7.81. The minimum absolute atomic E-state index is 0.0621. The van der Waals surface area contributed by atoms with Gasteiger partial charge in [0.2, 0.25) is 5.91 Å². The third-order valence-corrected chi connectivity index (χ3v) is 4.86. The van der Waals surface area contributed by atoms with Gasteiger partial charge in [-0.05, 0) is 25.3 Å². The number of aromatic nitrogens is 2. The lowest BCUT2D eigenvalue weighted by molar-refractivity contribution is -0.154. The van der Waals surface area contributed by atoms with Gasteiger partial charge in [0.25, 0.3) is 0 Å². The molecule has 1 atom stereocenters. The highest BCUT2D eigenvalue weighted by Gasteiger charge is 2.45. The highest BCUT2D eigenvalue weighted by atomic mass is 16.4. The van der Waals surface area contributed by atoms with Crippen LogP contribution < -0.4 is 0 Å². The van der Waals surface area contributed by atoms with Crippen LogP contribution in [0.3, 0.4) is 0 Å². The molecule has 1 N–H and O–H groups in total. The van der Waals surface area contributed by atoms with Crippen LogP contribution >= 0.6 is 0 Å². The zero-order valence-corrected chi connectivity index (χ0v) is 12.5. The number of carbonyl (C=O) groups is 2. The van der Waals surface area contributed by atoms with E-state index in [1.54, 1.807) is 18.5 Å². The summed E-state index contributed by atoms with van der Waals surface area (Å²) < 4.78 is 1.53.